The van der Waals surface area contributed by atoms with Gasteiger partial charge in [0.2, 0.25) is 0 Å². The van der Waals surface area contributed by atoms with Gasteiger partial charge in [-0.15, -0.1) is 0 Å². The van der Waals surface area contributed by atoms with Gasteiger partial charge in [-0.05, 0) is 24.1 Å². The van der Waals surface area contributed by atoms with Crippen LogP contribution in [0.5, 0.6) is 11.8 Å². The SMILES string of the molecule is OCCc1ccc(Oc2ncc(F)cn2)cc1. The first-order valence-electron chi connectivity index (χ1n) is 5.13. The number of ether oxygens (including phenoxy) is 1. The summed E-state index contributed by atoms with van der Waals surface area (Å²) in [6.45, 7) is 0.112. The number of aliphatic hydroxyl groups is 1. The van der Waals surface area contributed by atoms with Gasteiger partial charge in [0.1, 0.15) is 5.75 Å². The van der Waals surface area contributed by atoms with Crippen LogP contribution >= 0.6 is 0 Å². The van der Waals surface area contributed by atoms with E-state index in [2.05, 4.69) is 9.97 Å². The zero-order valence-corrected chi connectivity index (χ0v) is 9.01. The predicted octanol–water partition coefficient (Wildman–Crippen LogP) is 1.94. The molecule has 0 aliphatic heterocycles. The Labute approximate surface area is 97.7 Å². The summed E-state index contributed by atoms with van der Waals surface area (Å²) < 4.78 is 17.9. The van der Waals surface area contributed by atoms with Gasteiger partial charge in [0.05, 0.1) is 12.4 Å². The van der Waals surface area contributed by atoms with E-state index in [-0.39, 0.29) is 12.6 Å². The van der Waals surface area contributed by atoms with Crippen LogP contribution in [0.25, 0.3) is 0 Å². The van der Waals surface area contributed by atoms with Gasteiger partial charge in [-0.1, -0.05) is 12.1 Å². The number of rotatable bonds is 4. The van der Waals surface area contributed by atoms with E-state index >= 15 is 0 Å². The fraction of sp³-hybridized carbons (Fsp3) is 0.167. The Hall–Kier alpha value is -2.01. The molecule has 4 nitrogen and oxygen atoms in total. The minimum absolute atomic E-state index is 0.0984. The largest absolute Gasteiger partial charge is 0.424 e. The number of halogens is 1. The summed E-state index contributed by atoms with van der Waals surface area (Å²) in [5.41, 5.74) is 1.01. The van der Waals surface area contributed by atoms with Gasteiger partial charge in [-0.2, -0.15) is 0 Å². The molecule has 1 aromatic heterocycles. The number of hydrogen-bond acceptors (Lipinski definition) is 4. The lowest BCUT2D eigenvalue weighted by atomic mass is 10.1. The smallest absolute Gasteiger partial charge is 0.322 e. The molecule has 2 rings (SSSR count). The normalized spacial score (nSPS) is 10.2. The fourth-order valence-electron chi connectivity index (χ4n) is 1.31. The quantitative estimate of drug-likeness (QED) is 0.878. The molecule has 0 bridgehead atoms. The maximum atomic E-state index is 12.6. The summed E-state index contributed by atoms with van der Waals surface area (Å²) in [5, 5.41) is 8.76. The molecule has 5 heteroatoms. The highest BCUT2D eigenvalue weighted by Crippen LogP contribution is 2.17. The molecule has 88 valence electrons. The van der Waals surface area contributed by atoms with Crippen LogP contribution in [-0.4, -0.2) is 21.7 Å². The van der Waals surface area contributed by atoms with Gasteiger partial charge in [0.25, 0.3) is 0 Å². The van der Waals surface area contributed by atoms with Gasteiger partial charge in [-0.3, -0.25) is 0 Å². The molecule has 0 saturated heterocycles. The first kappa shape index (κ1) is 11.5. The molecule has 2 aromatic rings. The van der Waals surface area contributed by atoms with Crippen molar-refractivity contribution in [2.75, 3.05) is 6.61 Å². The molecule has 17 heavy (non-hydrogen) atoms. The van der Waals surface area contributed by atoms with Gasteiger partial charge in [0.15, 0.2) is 5.82 Å². The molecule has 0 fully saturated rings. The third-order valence-corrected chi connectivity index (χ3v) is 2.13. The number of nitrogens with zero attached hydrogens (tertiary/aromatic N) is 2. The van der Waals surface area contributed by atoms with Gasteiger partial charge >= 0.3 is 6.01 Å². The van der Waals surface area contributed by atoms with Crippen molar-refractivity contribution in [1.29, 1.82) is 0 Å². The predicted molar refractivity (Wildman–Crippen MR) is 59.3 cm³/mol. The van der Waals surface area contributed by atoms with Crippen LogP contribution in [0.2, 0.25) is 0 Å². The van der Waals surface area contributed by atoms with E-state index in [1.165, 1.54) is 0 Å². The Balaban J connectivity index is 2.05. The number of aliphatic hydroxyl groups excluding tert-OH is 1. The molecule has 0 unspecified atom stereocenters. The third-order valence-electron chi connectivity index (χ3n) is 2.13. The molecule has 1 aromatic carbocycles. The molecule has 0 amide bonds. The Morgan fingerprint density at radius 1 is 1.12 bits per heavy atom. The number of hydrogen-bond donors (Lipinski definition) is 1. The topological polar surface area (TPSA) is 55.2 Å². The molecular weight excluding hydrogens is 223 g/mol. The number of benzene rings is 1. The second-order valence-electron chi connectivity index (χ2n) is 3.40. The molecule has 1 heterocycles. The summed E-state index contributed by atoms with van der Waals surface area (Å²) in [6, 6.07) is 7.28. The van der Waals surface area contributed by atoms with Gasteiger partial charge in [0, 0.05) is 6.61 Å². The van der Waals surface area contributed by atoms with Crippen molar-refractivity contribution >= 4 is 0 Å². The van der Waals surface area contributed by atoms with Gasteiger partial charge in [-0.25, -0.2) is 14.4 Å². The number of aromatic nitrogens is 2. The molecule has 0 saturated carbocycles. The molecular formula is C12H11FN2O2. The zero-order valence-electron chi connectivity index (χ0n) is 9.01. The van der Waals surface area contributed by atoms with Crippen molar-refractivity contribution in [3.8, 4) is 11.8 Å². The van der Waals surface area contributed by atoms with E-state index in [0.717, 1.165) is 18.0 Å². The van der Waals surface area contributed by atoms with E-state index in [0.29, 0.717) is 12.2 Å². The van der Waals surface area contributed by atoms with E-state index in [9.17, 15) is 4.39 Å². The van der Waals surface area contributed by atoms with E-state index in [1.807, 2.05) is 12.1 Å². The van der Waals surface area contributed by atoms with E-state index < -0.39 is 5.82 Å². The monoisotopic (exact) mass is 234 g/mol. The maximum absolute atomic E-state index is 12.6. The van der Waals surface area contributed by atoms with Crippen molar-refractivity contribution in [3.63, 3.8) is 0 Å². The van der Waals surface area contributed by atoms with E-state index in [4.69, 9.17) is 9.84 Å². The summed E-state index contributed by atoms with van der Waals surface area (Å²) in [7, 11) is 0. The second-order valence-corrected chi connectivity index (χ2v) is 3.40. The standard InChI is InChI=1S/C12H11FN2O2/c13-10-7-14-12(15-8-10)17-11-3-1-9(2-4-11)5-6-16/h1-4,7-8,16H,5-6H2. The van der Waals surface area contributed by atoms with Crippen molar-refractivity contribution < 1.29 is 14.2 Å². The van der Waals surface area contributed by atoms with Crippen LogP contribution in [-0.2, 0) is 6.42 Å². The third kappa shape index (κ3) is 3.22. The first-order chi connectivity index (χ1) is 8.28. The minimum atomic E-state index is -0.504. The summed E-state index contributed by atoms with van der Waals surface area (Å²) >= 11 is 0. The van der Waals surface area contributed by atoms with Crippen molar-refractivity contribution in [2.24, 2.45) is 0 Å². The van der Waals surface area contributed by atoms with E-state index in [1.54, 1.807) is 12.1 Å². The molecule has 1 N–H and O–H groups in total. The maximum Gasteiger partial charge on any atom is 0.322 e. The zero-order chi connectivity index (χ0) is 12.1. The Bertz CT molecular complexity index is 471. The summed E-state index contributed by atoms with van der Waals surface area (Å²) in [6.07, 6.45) is 2.69. The molecule has 0 radical (unpaired) electrons. The van der Waals surface area contributed by atoms with Crippen LogP contribution in [0, 0.1) is 5.82 Å². The van der Waals surface area contributed by atoms with Crippen LogP contribution in [0.15, 0.2) is 36.7 Å². The van der Waals surface area contributed by atoms with Crippen LogP contribution < -0.4 is 4.74 Å². The molecule has 0 aliphatic rings. The molecule has 0 atom stereocenters. The highest BCUT2D eigenvalue weighted by atomic mass is 19.1. The summed E-state index contributed by atoms with van der Waals surface area (Å²) in [5.74, 6) is 0.0638. The lowest BCUT2D eigenvalue weighted by Gasteiger charge is -2.04. The van der Waals surface area contributed by atoms with Crippen molar-refractivity contribution in [1.82, 2.24) is 9.97 Å². The molecule has 0 spiro atoms. The Morgan fingerprint density at radius 3 is 2.35 bits per heavy atom. The molecule has 0 aliphatic carbocycles. The fourth-order valence-corrected chi connectivity index (χ4v) is 1.31. The second kappa shape index (κ2) is 5.36. The Kier molecular flexibility index (Phi) is 3.62. The van der Waals surface area contributed by atoms with Crippen LogP contribution in [0.4, 0.5) is 4.39 Å². The highest BCUT2D eigenvalue weighted by Gasteiger charge is 2.00. The van der Waals surface area contributed by atoms with Crippen LogP contribution in [0.1, 0.15) is 5.56 Å². The average molecular weight is 234 g/mol. The Morgan fingerprint density at radius 2 is 1.76 bits per heavy atom. The lowest BCUT2D eigenvalue weighted by molar-refractivity contribution is 0.299. The van der Waals surface area contributed by atoms with Crippen molar-refractivity contribution in [3.05, 3.63) is 48.0 Å². The lowest BCUT2D eigenvalue weighted by Crippen LogP contribution is -1.93. The first-order valence-corrected chi connectivity index (χ1v) is 5.13. The van der Waals surface area contributed by atoms with Gasteiger partial charge < -0.3 is 9.84 Å². The average Bonchev–Trinajstić information content (AvgIpc) is 2.35. The summed E-state index contributed by atoms with van der Waals surface area (Å²) in [4.78, 5) is 7.37. The van der Waals surface area contributed by atoms with Crippen LogP contribution in [0.3, 0.4) is 0 Å². The minimum Gasteiger partial charge on any atom is -0.424 e. The highest BCUT2D eigenvalue weighted by molar-refractivity contribution is 5.29. The van der Waals surface area contributed by atoms with Crippen molar-refractivity contribution in [2.45, 2.75) is 6.42 Å².